The van der Waals surface area contributed by atoms with Crippen molar-refractivity contribution in [2.24, 2.45) is 0 Å². The Morgan fingerprint density at radius 1 is 1.29 bits per heavy atom. The van der Waals surface area contributed by atoms with E-state index in [-0.39, 0.29) is 23.1 Å². The fraction of sp³-hybridized carbons (Fsp3) is 0.500. The van der Waals surface area contributed by atoms with Crippen LogP contribution in [0.3, 0.4) is 0 Å². The third-order valence-electron chi connectivity index (χ3n) is 7.75. The topological polar surface area (TPSA) is 121 Å². The zero-order valence-electron chi connectivity index (χ0n) is 23.7. The Kier molecular flexibility index (Phi) is 7.40. The molecule has 9 nitrogen and oxygen atoms in total. The summed E-state index contributed by atoms with van der Waals surface area (Å²) >= 11 is 0. The highest BCUT2D eigenvalue weighted by Crippen LogP contribution is 2.44. The largest absolute Gasteiger partial charge is 0.416 e. The maximum absolute atomic E-state index is 9.98. The van der Waals surface area contributed by atoms with Crippen LogP contribution in [0.1, 0.15) is 64.4 Å². The number of nitrogens with one attached hydrogen (secondary N) is 2. The highest BCUT2D eigenvalue weighted by molar-refractivity contribution is 6.74. The van der Waals surface area contributed by atoms with Crippen LogP contribution in [0.5, 0.6) is 0 Å². The molecule has 1 aliphatic rings. The molecule has 0 bridgehead atoms. The highest BCUT2D eigenvalue weighted by Gasteiger charge is 2.42. The van der Waals surface area contributed by atoms with E-state index in [0.717, 1.165) is 16.8 Å². The molecule has 10 heteroatoms. The first-order chi connectivity index (χ1) is 17.8. The van der Waals surface area contributed by atoms with E-state index in [0.29, 0.717) is 41.9 Å². The zero-order valence-corrected chi connectivity index (χ0v) is 24.7. The van der Waals surface area contributed by atoms with Gasteiger partial charge >= 0.3 is 0 Å². The van der Waals surface area contributed by atoms with Gasteiger partial charge in [0.1, 0.15) is 11.9 Å². The van der Waals surface area contributed by atoms with E-state index in [1.165, 1.54) is 0 Å². The fourth-order valence-electron chi connectivity index (χ4n) is 4.31. The molecule has 0 spiro atoms. The predicted octanol–water partition coefficient (Wildman–Crippen LogP) is 5.73. The van der Waals surface area contributed by atoms with Crippen LogP contribution in [-0.4, -0.2) is 46.3 Å². The summed E-state index contributed by atoms with van der Waals surface area (Å²) in [5.41, 5.74) is 4.39. The Morgan fingerprint density at radius 3 is 2.66 bits per heavy atom. The number of aliphatic hydroxyl groups is 1. The molecule has 0 saturated heterocycles. The van der Waals surface area contributed by atoms with Gasteiger partial charge in [0.15, 0.2) is 8.32 Å². The third kappa shape index (κ3) is 5.32. The van der Waals surface area contributed by atoms with E-state index < -0.39 is 8.32 Å². The van der Waals surface area contributed by atoms with Crippen molar-refractivity contribution in [1.29, 1.82) is 5.26 Å². The lowest BCUT2D eigenvalue weighted by Crippen LogP contribution is -2.45. The molecule has 3 aromatic rings. The number of hydrogen-bond acceptors (Lipinski definition) is 8. The van der Waals surface area contributed by atoms with Gasteiger partial charge in [0, 0.05) is 42.4 Å². The lowest BCUT2D eigenvalue weighted by atomic mass is 9.83. The average Bonchev–Trinajstić information content (AvgIpc) is 3.43. The van der Waals surface area contributed by atoms with E-state index in [1.807, 2.05) is 26.0 Å². The first-order valence-electron chi connectivity index (χ1n) is 13.0. The molecule has 0 aliphatic carbocycles. The van der Waals surface area contributed by atoms with Gasteiger partial charge in [-0.15, -0.1) is 0 Å². The molecule has 0 unspecified atom stereocenters. The van der Waals surface area contributed by atoms with Gasteiger partial charge in [-0.25, -0.2) is 14.6 Å². The van der Waals surface area contributed by atoms with Crippen LogP contribution < -0.4 is 10.6 Å². The highest BCUT2D eigenvalue weighted by atomic mass is 28.4. The quantitative estimate of drug-likeness (QED) is 0.314. The zero-order chi connectivity index (χ0) is 27.9. The molecule has 0 radical (unpaired) electrons. The molecule has 3 N–H and O–H groups in total. The monoisotopic (exact) mass is 533 g/mol. The summed E-state index contributed by atoms with van der Waals surface area (Å²) < 4.78 is 8.43. The van der Waals surface area contributed by atoms with Gasteiger partial charge in [-0.3, -0.25) is 0 Å². The summed E-state index contributed by atoms with van der Waals surface area (Å²) in [6.07, 6.45) is 1.70. The van der Waals surface area contributed by atoms with E-state index in [9.17, 15) is 10.4 Å². The number of hydrogen-bond donors (Lipinski definition) is 3. The summed E-state index contributed by atoms with van der Waals surface area (Å²) in [6.45, 7) is 18.6. The number of aromatic nitrogens is 4. The number of benzene rings is 1. The normalized spacial score (nSPS) is 17.3. The van der Waals surface area contributed by atoms with Crippen LogP contribution in [-0.2, 0) is 16.4 Å². The van der Waals surface area contributed by atoms with Crippen molar-refractivity contribution in [3.63, 3.8) is 0 Å². The molecule has 1 atom stereocenters. The van der Waals surface area contributed by atoms with Crippen molar-refractivity contribution in [1.82, 2.24) is 19.7 Å². The molecular formula is C28H39N7O2Si. The maximum atomic E-state index is 9.98. The van der Waals surface area contributed by atoms with Crippen LogP contribution >= 0.6 is 0 Å². The van der Waals surface area contributed by atoms with Crippen LogP contribution in [0.25, 0.3) is 11.3 Å². The van der Waals surface area contributed by atoms with Crippen LogP contribution in [0.4, 0.5) is 17.5 Å². The smallest absolute Gasteiger partial charge is 0.228 e. The van der Waals surface area contributed by atoms with Crippen LogP contribution in [0.2, 0.25) is 18.1 Å². The SMILES string of the molecule is CC(C)n1nc(CO)cc1Nc1nccc(-c2cc(C#N)c3c(c2)[C@@](C)(CO[Si](C)(C)C(C)(C)C)CN3)n1. The summed E-state index contributed by atoms with van der Waals surface area (Å²) in [6, 6.07) is 10.1. The summed E-state index contributed by atoms with van der Waals surface area (Å²) in [4.78, 5) is 9.16. The molecule has 0 fully saturated rings. The number of rotatable bonds is 8. The van der Waals surface area contributed by atoms with E-state index >= 15 is 0 Å². The van der Waals surface area contributed by atoms with Gasteiger partial charge in [0.05, 0.1) is 29.2 Å². The third-order valence-corrected chi connectivity index (χ3v) is 12.2. The van der Waals surface area contributed by atoms with Crippen molar-refractivity contribution >= 4 is 25.8 Å². The van der Waals surface area contributed by atoms with E-state index in [4.69, 9.17) is 9.41 Å². The molecule has 1 aliphatic heterocycles. The van der Waals surface area contributed by atoms with Crippen molar-refractivity contribution in [3.8, 4) is 17.3 Å². The summed E-state index contributed by atoms with van der Waals surface area (Å²) in [5, 5.41) is 30.8. The molecule has 2 aromatic heterocycles. The van der Waals surface area contributed by atoms with Crippen molar-refractivity contribution in [2.45, 2.75) is 77.7 Å². The Bertz CT molecular complexity index is 1370. The van der Waals surface area contributed by atoms with Gasteiger partial charge in [0.25, 0.3) is 0 Å². The fourth-order valence-corrected chi connectivity index (χ4v) is 5.42. The van der Waals surface area contributed by atoms with Crippen LogP contribution in [0.15, 0.2) is 30.5 Å². The minimum atomic E-state index is -1.94. The average molecular weight is 534 g/mol. The summed E-state index contributed by atoms with van der Waals surface area (Å²) in [5.74, 6) is 1.11. The van der Waals surface area contributed by atoms with Gasteiger partial charge in [-0.2, -0.15) is 10.4 Å². The molecule has 38 heavy (non-hydrogen) atoms. The minimum Gasteiger partial charge on any atom is -0.416 e. The second-order valence-electron chi connectivity index (χ2n) is 12.1. The predicted molar refractivity (Wildman–Crippen MR) is 153 cm³/mol. The molecule has 4 rings (SSSR count). The van der Waals surface area contributed by atoms with E-state index in [1.54, 1.807) is 16.9 Å². The lowest BCUT2D eigenvalue weighted by Gasteiger charge is -2.39. The number of nitriles is 1. The minimum absolute atomic E-state index is 0.0922. The number of anilines is 3. The molecule has 202 valence electrons. The molecule has 1 aromatic carbocycles. The second kappa shape index (κ2) is 10.1. The standard InChI is InChI=1S/C28H39N7O2Si/c1-18(2)35-24(13-21(15-36)34-35)33-26-30-10-9-23(32-26)19-11-20(14-29)25-22(12-19)28(6,16-31-25)17-37-38(7,8)27(3,4)5/h9-13,18,31,36H,15-17H2,1-8H3,(H,30,32,33)/t28-/m1/s1. The molecule has 3 heterocycles. The van der Waals surface area contributed by atoms with Crippen molar-refractivity contribution < 1.29 is 9.53 Å². The Morgan fingerprint density at radius 2 is 2.03 bits per heavy atom. The van der Waals surface area contributed by atoms with Crippen molar-refractivity contribution in [3.05, 3.63) is 47.3 Å². The number of nitrogens with zero attached hydrogens (tertiary/aromatic N) is 5. The summed E-state index contributed by atoms with van der Waals surface area (Å²) in [7, 11) is -1.94. The first-order valence-corrected chi connectivity index (χ1v) is 15.9. The van der Waals surface area contributed by atoms with Crippen molar-refractivity contribution in [2.75, 3.05) is 23.8 Å². The van der Waals surface area contributed by atoms with Gasteiger partial charge in [-0.1, -0.05) is 27.7 Å². The Hall–Kier alpha value is -3.26. The lowest BCUT2D eigenvalue weighted by molar-refractivity contribution is 0.220. The Labute approximate surface area is 226 Å². The second-order valence-corrected chi connectivity index (χ2v) is 16.9. The maximum Gasteiger partial charge on any atom is 0.228 e. The van der Waals surface area contributed by atoms with Gasteiger partial charge in [0.2, 0.25) is 5.95 Å². The van der Waals surface area contributed by atoms with Gasteiger partial charge < -0.3 is 20.2 Å². The Balaban J connectivity index is 1.68. The molecule has 0 amide bonds. The number of aliphatic hydroxyl groups excluding tert-OH is 1. The molecule has 0 saturated carbocycles. The van der Waals surface area contributed by atoms with Crippen LogP contribution in [0, 0.1) is 11.3 Å². The first kappa shape index (κ1) is 27.8. The van der Waals surface area contributed by atoms with E-state index in [2.05, 4.69) is 73.6 Å². The molecular weight excluding hydrogens is 494 g/mol. The van der Waals surface area contributed by atoms with Gasteiger partial charge in [-0.05, 0) is 55.7 Å². The number of fused-ring (bicyclic) bond motifs is 1.